The van der Waals surface area contributed by atoms with Gasteiger partial charge < -0.3 is 20.2 Å². The Bertz CT molecular complexity index is 695. The van der Waals surface area contributed by atoms with E-state index < -0.39 is 17.4 Å². The Balaban J connectivity index is 1.54. The van der Waals surface area contributed by atoms with E-state index in [1.165, 1.54) is 17.6 Å². The van der Waals surface area contributed by atoms with Crippen molar-refractivity contribution in [2.75, 3.05) is 6.54 Å². The molecule has 2 aromatic heterocycles. The number of carbonyl (C=O) groups is 2. The molecule has 2 heterocycles. The fourth-order valence-electron chi connectivity index (χ4n) is 2.78. The molecule has 23 heavy (non-hydrogen) atoms. The molecule has 3 N–H and O–H groups in total. The molecule has 1 unspecified atom stereocenters. The minimum absolute atomic E-state index is 0.00914. The number of furan rings is 1. The first kappa shape index (κ1) is 15.8. The van der Waals surface area contributed by atoms with Crippen LogP contribution in [0.5, 0.6) is 0 Å². The fourth-order valence-corrected chi connectivity index (χ4v) is 3.42. The number of aryl methyl sites for hydroxylation is 1. The van der Waals surface area contributed by atoms with E-state index in [-0.39, 0.29) is 6.54 Å². The van der Waals surface area contributed by atoms with Crippen molar-refractivity contribution >= 4 is 23.2 Å². The zero-order valence-electron chi connectivity index (χ0n) is 12.5. The number of hydrogen-bond acceptors (Lipinski definition) is 5. The average molecular weight is 334 g/mol. The van der Waals surface area contributed by atoms with Crippen LogP contribution >= 0.6 is 11.3 Å². The third-order valence-electron chi connectivity index (χ3n) is 3.99. The van der Waals surface area contributed by atoms with Gasteiger partial charge in [-0.2, -0.15) is 0 Å². The molecule has 0 bridgehead atoms. The largest absolute Gasteiger partial charge is 0.469 e. The first-order valence-corrected chi connectivity index (χ1v) is 8.34. The Hall–Kier alpha value is -2.12. The van der Waals surface area contributed by atoms with E-state index in [1.807, 2.05) is 17.5 Å². The van der Waals surface area contributed by atoms with Gasteiger partial charge in [0.15, 0.2) is 0 Å². The number of amides is 2. The number of aliphatic hydroxyl groups is 1. The van der Waals surface area contributed by atoms with Gasteiger partial charge in [-0.1, -0.05) is 6.07 Å². The van der Waals surface area contributed by atoms with E-state index >= 15 is 0 Å². The molecule has 0 saturated carbocycles. The van der Waals surface area contributed by atoms with Crippen LogP contribution in [-0.2, 0) is 28.2 Å². The summed E-state index contributed by atoms with van der Waals surface area (Å²) in [5.74, 6) is -0.703. The molecule has 2 amide bonds. The maximum Gasteiger partial charge on any atom is 0.309 e. The molecule has 0 radical (unpaired) electrons. The molecule has 0 spiro atoms. The minimum atomic E-state index is -1.18. The van der Waals surface area contributed by atoms with Crippen molar-refractivity contribution in [1.82, 2.24) is 10.6 Å². The van der Waals surface area contributed by atoms with Crippen LogP contribution in [0.15, 0.2) is 34.3 Å². The smallest absolute Gasteiger partial charge is 0.309 e. The predicted molar refractivity (Wildman–Crippen MR) is 84.7 cm³/mol. The van der Waals surface area contributed by atoms with Gasteiger partial charge in [0.1, 0.15) is 11.4 Å². The third-order valence-corrected chi connectivity index (χ3v) is 4.87. The average Bonchev–Trinajstić information content (AvgIpc) is 3.22. The Morgan fingerprint density at radius 3 is 2.91 bits per heavy atom. The Kier molecular flexibility index (Phi) is 4.49. The van der Waals surface area contributed by atoms with Gasteiger partial charge in [0.25, 0.3) is 0 Å². The highest BCUT2D eigenvalue weighted by atomic mass is 32.1. The second-order valence-electron chi connectivity index (χ2n) is 5.59. The van der Waals surface area contributed by atoms with Crippen LogP contribution in [-0.4, -0.2) is 23.5 Å². The van der Waals surface area contributed by atoms with Crippen molar-refractivity contribution in [3.05, 3.63) is 46.0 Å². The molecule has 0 saturated heterocycles. The zero-order valence-corrected chi connectivity index (χ0v) is 13.3. The SMILES string of the molecule is O=C(NCc1cccs1)C(=O)NCC1(O)CCCc2occc21. The molecule has 1 atom stereocenters. The van der Waals surface area contributed by atoms with Crippen molar-refractivity contribution in [1.29, 1.82) is 0 Å². The van der Waals surface area contributed by atoms with E-state index in [0.29, 0.717) is 18.5 Å². The Morgan fingerprint density at radius 2 is 2.13 bits per heavy atom. The van der Waals surface area contributed by atoms with Crippen molar-refractivity contribution in [3.63, 3.8) is 0 Å². The van der Waals surface area contributed by atoms with E-state index in [2.05, 4.69) is 10.6 Å². The molecular formula is C16H18N2O4S. The molecular weight excluding hydrogens is 316 g/mol. The van der Waals surface area contributed by atoms with Crippen LogP contribution in [0, 0.1) is 0 Å². The van der Waals surface area contributed by atoms with Crippen molar-refractivity contribution in [2.45, 2.75) is 31.4 Å². The second-order valence-corrected chi connectivity index (χ2v) is 6.62. The van der Waals surface area contributed by atoms with Crippen LogP contribution < -0.4 is 10.6 Å². The summed E-state index contributed by atoms with van der Waals surface area (Å²) in [5, 5.41) is 17.7. The molecule has 0 aliphatic heterocycles. The zero-order chi connectivity index (χ0) is 16.3. The van der Waals surface area contributed by atoms with Gasteiger partial charge in [0, 0.05) is 16.9 Å². The molecule has 1 aliphatic rings. The summed E-state index contributed by atoms with van der Waals surface area (Å²) in [6, 6.07) is 5.48. The van der Waals surface area contributed by atoms with Crippen molar-refractivity contribution in [2.24, 2.45) is 0 Å². The summed E-state index contributed by atoms with van der Waals surface area (Å²) in [6.07, 6.45) is 3.62. The highest BCUT2D eigenvalue weighted by Crippen LogP contribution is 2.35. The maximum atomic E-state index is 11.9. The van der Waals surface area contributed by atoms with Gasteiger partial charge in [-0.3, -0.25) is 9.59 Å². The molecule has 1 aliphatic carbocycles. The maximum absolute atomic E-state index is 11.9. The number of nitrogens with one attached hydrogen (secondary N) is 2. The number of thiophene rings is 1. The first-order valence-electron chi connectivity index (χ1n) is 7.46. The van der Waals surface area contributed by atoms with E-state index in [1.54, 1.807) is 6.07 Å². The molecule has 0 aromatic carbocycles. The lowest BCUT2D eigenvalue weighted by atomic mass is 9.83. The van der Waals surface area contributed by atoms with E-state index in [4.69, 9.17) is 4.42 Å². The molecule has 3 rings (SSSR count). The third kappa shape index (κ3) is 3.46. The summed E-state index contributed by atoms with van der Waals surface area (Å²) >= 11 is 1.51. The van der Waals surface area contributed by atoms with Crippen molar-refractivity contribution < 1.29 is 19.1 Å². The van der Waals surface area contributed by atoms with Gasteiger partial charge in [-0.15, -0.1) is 11.3 Å². The van der Waals surface area contributed by atoms with Crippen LogP contribution in [0.1, 0.15) is 29.0 Å². The fraction of sp³-hybridized carbons (Fsp3) is 0.375. The quantitative estimate of drug-likeness (QED) is 0.735. The predicted octanol–water partition coefficient (Wildman–Crippen LogP) is 1.30. The molecule has 7 heteroatoms. The monoisotopic (exact) mass is 334 g/mol. The van der Waals surface area contributed by atoms with Crippen LogP contribution in [0.2, 0.25) is 0 Å². The van der Waals surface area contributed by atoms with Crippen LogP contribution in [0.3, 0.4) is 0 Å². The van der Waals surface area contributed by atoms with Crippen LogP contribution in [0.4, 0.5) is 0 Å². The Labute approximate surface area is 137 Å². The number of carbonyl (C=O) groups excluding carboxylic acids is 2. The highest BCUT2D eigenvalue weighted by molar-refractivity contribution is 7.09. The lowest BCUT2D eigenvalue weighted by Crippen LogP contribution is -2.47. The summed E-state index contributed by atoms with van der Waals surface area (Å²) in [6.45, 7) is 0.310. The molecule has 6 nitrogen and oxygen atoms in total. The van der Waals surface area contributed by atoms with Gasteiger partial charge in [-0.25, -0.2) is 0 Å². The van der Waals surface area contributed by atoms with Crippen LogP contribution in [0.25, 0.3) is 0 Å². The van der Waals surface area contributed by atoms with Crippen molar-refractivity contribution in [3.8, 4) is 0 Å². The lowest BCUT2D eigenvalue weighted by Gasteiger charge is -2.31. The first-order chi connectivity index (χ1) is 11.1. The Morgan fingerprint density at radius 1 is 1.30 bits per heavy atom. The van der Waals surface area contributed by atoms with E-state index in [0.717, 1.165) is 23.5 Å². The van der Waals surface area contributed by atoms with Gasteiger partial charge in [-0.05, 0) is 30.4 Å². The van der Waals surface area contributed by atoms with E-state index in [9.17, 15) is 14.7 Å². The number of fused-ring (bicyclic) bond motifs is 1. The van der Waals surface area contributed by atoms with Gasteiger partial charge in [0.2, 0.25) is 0 Å². The lowest BCUT2D eigenvalue weighted by molar-refractivity contribution is -0.140. The standard InChI is InChI=1S/C16H18N2O4S/c19-14(17-9-11-3-2-8-23-11)15(20)18-10-16(21)6-1-4-13-12(16)5-7-22-13/h2-3,5,7-8,21H,1,4,6,9-10H2,(H,17,19)(H,18,20). The molecule has 2 aromatic rings. The second kappa shape index (κ2) is 6.55. The van der Waals surface area contributed by atoms with Gasteiger partial charge >= 0.3 is 11.8 Å². The minimum Gasteiger partial charge on any atom is -0.469 e. The normalized spacial score (nSPS) is 19.9. The topological polar surface area (TPSA) is 91.6 Å². The molecule has 0 fully saturated rings. The summed E-state index contributed by atoms with van der Waals surface area (Å²) in [7, 11) is 0. The van der Waals surface area contributed by atoms with Gasteiger partial charge in [0.05, 0.1) is 19.4 Å². The highest BCUT2D eigenvalue weighted by Gasteiger charge is 2.36. The molecule has 122 valence electrons. The number of rotatable bonds is 4. The summed E-state index contributed by atoms with van der Waals surface area (Å²) in [4.78, 5) is 24.6. The number of hydrogen-bond donors (Lipinski definition) is 3. The summed E-state index contributed by atoms with van der Waals surface area (Å²) in [5.41, 5.74) is -0.479. The summed E-state index contributed by atoms with van der Waals surface area (Å²) < 4.78 is 5.33.